The monoisotopic (exact) mass is 394 g/mol. The Morgan fingerprint density at radius 2 is 1.96 bits per heavy atom. The molecule has 2 aromatic rings. The predicted octanol–water partition coefficient (Wildman–Crippen LogP) is 2.38. The number of rotatable bonds is 7. The van der Waals surface area contributed by atoms with Gasteiger partial charge in [-0.25, -0.2) is 0 Å². The predicted molar refractivity (Wildman–Crippen MR) is 90.4 cm³/mol. The summed E-state index contributed by atoms with van der Waals surface area (Å²) in [7, 11) is 0. The molecule has 23 heavy (non-hydrogen) atoms. The van der Waals surface area contributed by atoms with Crippen molar-refractivity contribution in [2.24, 2.45) is 5.73 Å². The van der Waals surface area contributed by atoms with E-state index >= 15 is 0 Å². The number of benzene rings is 1. The van der Waals surface area contributed by atoms with Gasteiger partial charge < -0.3 is 5.73 Å². The van der Waals surface area contributed by atoms with Gasteiger partial charge in [-0.1, -0.05) is 39.8 Å². The van der Waals surface area contributed by atoms with Crippen molar-refractivity contribution in [1.82, 2.24) is 14.8 Å². The number of nitrogens with zero attached hydrogens (tertiary/aromatic N) is 3. The maximum Gasteiger partial charge on any atom is 0.237 e. The second-order valence-corrected chi connectivity index (χ2v) is 7.24. The fourth-order valence-corrected chi connectivity index (χ4v) is 3.31. The first-order valence-corrected chi connectivity index (χ1v) is 8.95. The number of primary amides is 1. The molecule has 3 rings (SSSR count). The van der Waals surface area contributed by atoms with Gasteiger partial charge in [-0.2, -0.15) is 0 Å². The van der Waals surface area contributed by atoms with Crippen LogP contribution in [0, 0.1) is 0 Å². The number of thioether (sulfide) groups is 1. The lowest BCUT2D eigenvalue weighted by atomic mass is 10.2. The Kier molecular flexibility index (Phi) is 4.82. The van der Waals surface area contributed by atoms with E-state index in [1.54, 1.807) is 16.7 Å². The number of ketones is 1. The Balaban J connectivity index is 1.71. The molecule has 0 radical (unpaired) electrons. The van der Waals surface area contributed by atoms with Crippen molar-refractivity contribution in [3.8, 4) is 0 Å². The van der Waals surface area contributed by atoms with E-state index in [4.69, 9.17) is 5.73 Å². The Hall–Kier alpha value is -1.67. The summed E-state index contributed by atoms with van der Waals surface area (Å²) >= 11 is 4.63. The molecule has 0 spiro atoms. The van der Waals surface area contributed by atoms with Crippen LogP contribution < -0.4 is 5.73 Å². The lowest BCUT2D eigenvalue weighted by molar-refractivity contribution is -0.118. The summed E-state index contributed by atoms with van der Waals surface area (Å²) in [4.78, 5) is 23.5. The van der Waals surface area contributed by atoms with Crippen molar-refractivity contribution in [2.45, 2.75) is 30.5 Å². The zero-order valence-corrected chi connectivity index (χ0v) is 14.6. The number of aromatic nitrogens is 3. The van der Waals surface area contributed by atoms with Gasteiger partial charge >= 0.3 is 0 Å². The molecule has 0 atom stereocenters. The summed E-state index contributed by atoms with van der Waals surface area (Å²) in [6, 6.07) is 7.21. The van der Waals surface area contributed by atoms with Crippen LogP contribution in [-0.2, 0) is 11.3 Å². The highest BCUT2D eigenvalue weighted by atomic mass is 79.9. The van der Waals surface area contributed by atoms with Crippen LogP contribution in [0.1, 0.15) is 34.9 Å². The van der Waals surface area contributed by atoms with E-state index in [1.807, 2.05) is 12.1 Å². The minimum Gasteiger partial charge on any atom is -0.368 e. The van der Waals surface area contributed by atoms with Crippen molar-refractivity contribution >= 4 is 39.4 Å². The normalized spacial score (nSPS) is 14.0. The van der Waals surface area contributed by atoms with Crippen molar-refractivity contribution in [2.75, 3.05) is 5.75 Å². The molecule has 1 aromatic heterocycles. The molecule has 6 nitrogen and oxygen atoms in total. The first-order valence-electron chi connectivity index (χ1n) is 7.17. The Labute approximate surface area is 146 Å². The number of carbonyl (C=O) groups excluding carboxylic acids is 2. The third-order valence-corrected chi connectivity index (χ3v) is 5.00. The lowest BCUT2D eigenvalue weighted by Crippen LogP contribution is -2.20. The SMILES string of the molecule is NC(=O)Cn1c(SCC(=O)c2ccc(Br)cc2)nnc1C1CC1. The molecule has 0 unspecified atom stereocenters. The third kappa shape index (κ3) is 4.00. The highest BCUT2D eigenvalue weighted by Gasteiger charge is 2.31. The quantitative estimate of drug-likeness (QED) is 0.574. The minimum atomic E-state index is -0.437. The molecule has 8 heteroatoms. The van der Waals surface area contributed by atoms with Crippen LogP contribution in [0.3, 0.4) is 0 Å². The van der Waals surface area contributed by atoms with E-state index in [9.17, 15) is 9.59 Å². The maximum atomic E-state index is 12.2. The van der Waals surface area contributed by atoms with Crippen molar-refractivity contribution in [3.05, 3.63) is 40.1 Å². The van der Waals surface area contributed by atoms with Crippen LogP contribution in [0.5, 0.6) is 0 Å². The Bertz CT molecular complexity index is 740. The summed E-state index contributed by atoms with van der Waals surface area (Å²) < 4.78 is 2.66. The fourth-order valence-electron chi connectivity index (χ4n) is 2.20. The second kappa shape index (κ2) is 6.84. The van der Waals surface area contributed by atoms with Gasteiger partial charge in [0.1, 0.15) is 12.4 Å². The van der Waals surface area contributed by atoms with Gasteiger partial charge in [-0.15, -0.1) is 10.2 Å². The van der Waals surface area contributed by atoms with Crippen LogP contribution in [0.2, 0.25) is 0 Å². The summed E-state index contributed by atoms with van der Waals surface area (Å²) in [5.74, 6) is 0.959. The van der Waals surface area contributed by atoms with E-state index < -0.39 is 5.91 Å². The summed E-state index contributed by atoms with van der Waals surface area (Å²) in [6.07, 6.45) is 2.11. The average Bonchev–Trinajstić information content (AvgIpc) is 3.28. The lowest BCUT2D eigenvalue weighted by Gasteiger charge is -2.07. The van der Waals surface area contributed by atoms with Crippen LogP contribution in [0.4, 0.5) is 0 Å². The van der Waals surface area contributed by atoms with Gasteiger partial charge in [0.05, 0.1) is 5.75 Å². The zero-order valence-electron chi connectivity index (χ0n) is 12.2. The zero-order chi connectivity index (χ0) is 16.4. The van der Waals surface area contributed by atoms with E-state index in [0.29, 0.717) is 16.6 Å². The van der Waals surface area contributed by atoms with Crippen LogP contribution in [0.15, 0.2) is 33.9 Å². The molecular weight excluding hydrogens is 380 g/mol. The molecule has 1 heterocycles. The highest BCUT2D eigenvalue weighted by molar-refractivity contribution is 9.10. The molecule has 1 fully saturated rings. The van der Waals surface area contributed by atoms with Crippen LogP contribution in [0.25, 0.3) is 0 Å². The van der Waals surface area contributed by atoms with Gasteiger partial charge in [0.2, 0.25) is 5.91 Å². The highest BCUT2D eigenvalue weighted by Crippen LogP contribution is 2.40. The third-order valence-electron chi connectivity index (χ3n) is 3.50. The van der Waals surface area contributed by atoms with Gasteiger partial charge in [-0.3, -0.25) is 14.2 Å². The Morgan fingerprint density at radius 3 is 2.57 bits per heavy atom. The summed E-state index contributed by atoms with van der Waals surface area (Å²) in [6.45, 7) is 0.0492. The average molecular weight is 395 g/mol. The smallest absolute Gasteiger partial charge is 0.237 e. The topological polar surface area (TPSA) is 90.9 Å². The van der Waals surface area contributed by atoms with Crippen molar-refractivity contribution in [1.29, 1.82) is 0 Å². The van der Waals surface area contributed by atoms with E-state index in [0.717, 1.165) is 23.1 Å². The number of nitrogens with two attached hydrogens (primary N) is 1. The fraction of sp³-hybridized carbons (Fsp3) is 0.333. The molecule has 2 N–H and O–H groups in total. The Morgan fingerprint density at radius 1 is 1.26 bits per heavy atom. The first-order chi connectivity index (χ1) is 11.0. The van der Waals surface area contributed by atoms with Gasteiger partial charge in [-0.05, 0) is 25.0 Å². The summed E-state index contributed by atoms with van der Waals surface area (Å²) in [5.41, 5.74) is 5.95. The van der Waals surface area contributed by atoms with E-state index in [2.05, 4.69) is 26.1 Å². The van der Waals surface area contributed by atoms with Gasteiger partial charge in [0.25, 0.3) is 0 Å². The molecule has 0 aliphatic heterocycles. The van der Waals surface area contributed by atoms with Crippen molar-refractivity contribution < 1.29 is 9.59 Å². The number of hydrogen-bond donors (Lipinski definition) is 1. The molecule has 1 aromatic carbocycles. The number of hydrogen-bond acceptors (Lipinski definition) is 5. The maximum absolute atomic E-state index is 12.2. The molecule has 1 amide bonds. The number of halogens is 1. The molecule has 120 valence electrons. The van der Waals surface area contributed by atoms with Crippen LogP contribution in [-0.4, -0.2) is 32.2 Å². The van der Waals surface area contributed by atoms with Crippen molar-refractivity contribution in [3.63, 3.8) is 0 Å². The van der Waals surface area contributed by atoms with E-state index in [1.165, 1.54) is 11.8 Å². The second-order valence-electron chi connectivity index (χ2n) is 5.39. The number of Topliss-reactive ketones (excluding diaryl/α,β-unsaturated/α-hetero) is 1. The largest absolute Gasteiger partial charge is 0.368 e. The molecular formula is C15H15BrN4O2S. The number of amides is 1. The van der Waals surface area contributed by atoms with Gasteiger partial charge in [0.15, 0.2) is 10.9 Å². The molecule has 1 aliphatic carbocycles. The first kappa shape index (κ1) is 16.2. The molecule has 0 bridgehead atoms. The standard InChI is InChI=1S/C15H15BrN4O2S/c16-11-5-3-9(4-6-11)12(21)8-23-15-19-18-14(10-1-2-10)20(15)7-13(17)22/h3-6,10H,1-2,7-8H2,(H2,17,22). The van der Waals surface area contributed by atoms with Gasteiger partial charge in [0, 0.05) is 16.0 Å². The van der Waals surface area contributed by atoms with Crippen LogP contribution >= 0.6 is 27.7 Å². The molecule has 1 aliphatic rings. The minimum absolute atomic E-state index is 0.00379. The number of carbonyl (C=O) groups is 2. The molecule has 1 saturated carbocycles. The van der Waals surface area contributed by atoms with E-state index in [-0.39, 0.29) is 18.1 Å². The molecule has 0 saturated heterocycles. The summed E-state index contributed by atoms with van der Waals surface area (Å²) in [5, 5.41) is 8.84.